The van der Waals surface area contributed by atoms with Crippen LogP contribution in [0.1, 0.15) is 40.0 Å². The van der Waals surface area contributed by atoms with Crippen molar-refractivity contribution in [2.75, 3.05) is 7.11 Å². The van der Waals surface area contributed by atoms with E-state index in [1.165, 1.54) is 10.7 Å². The average Bonchev–Trinajstić information content (AvgIpc) is 2.48. The molecule has 0 amide bonds. The summed E-state index contributed by atoms with van der Waals surface area (Å²) in [6.07, 6.45) is 6.42. The molecule has 0 saturated heterocycles. The zero-order valence-electron chi connectivity index (χ0n) is 14.3. The zero-order valence-corrected chi connectivity index (χ0v) is 16.5. The van der Waals surface area contributed by atoms with Crippen molar-refractivity contribution < 1.29 is 14.3 Å². The van der Waals surface area contributed by atoms with E-state index in [0.29, 0.717) is 12.3 Å². The third-order valence-electron chi connectivity index (χ3n) is 6.94. The maximum absolute atomic E-state index is 12.8. The number of ether oxygens (including phenoxy) is 1. The number of carbonyl (C=O) groups is 2. The predicted molar refractivity (Wildman–Crippen MR) is 98.0 cm³/mol. The van der Waals surface area contributed by atoms with E-state index in [9.17, 15) is 9.59 Å². The van der Waals surface area contributed by atoms with Crippen LogP contribution < -0.4 is 0 Å². The first kappa shape index (κ1) is 17.2. The summed E-state index contributed by atoms with van der Waals surface area (Å²) >= 11 is 2.37. The smallest absolute Gasteiger partial charge is 0.310 e. The van der Waals surface area contributed by atoms with Crippen LogP contribution in [0.2, 0.25) is 0 Å². The van der Waals surface area contributed by atoms with Crippen molar-refractivity contribution in [1.82, 2.24) is 0 Å². The molecule has 2 saturated carbocycles. The first-order valence-electron chi connectivity index (χ1n) is 8.27. The highest BCUT2D eigenvalue weighted by Gasteiger charge is 2.69. The quantitative estimate of drug-likeness (QED) is 0.374. The SMILES string of the molecule is C=CC1(C)CC[C@H]2C(C)(C)C3C=C(I)[C@]2(CC3=O)[C@H]1C(=O)OC. The van der Waals surface area contributed by atoms with Gasteiger partial charge in [0.1, 0.15) is 5.78 Å². The van der Waals surface area contributed by atoms with Crippen LogP contribution in [0.3, 0.4) is 0 Å². The molecule has 0 radical (unpaired) electrons. The number of fused-ring (bicyclic) bond motifs is 1. The summed E-state index contributed by atoms with van der Waals surface area (Å²) in [5.41, 5.74) is -0.878. The zero-order chi connectivity index (χ0) is 17.2. The van der Waals surface area contributed by atoms with Gasteiger partial charge in [0.05, 0.1) is 13.0 Å². The minimum Gasteiger partial charge on any atom is -0.469 e. The lowest BCUT2D eigenvalue weighted by molar-refractivity contribution is -0.178. The van der Waals surface area contributed by atoms with Gasteiger partial charge in [-0.3, -0.25) is 9.59 Å². The van der Waals surface area contributed by atoms with Crippen molar-refractivity contribution in [3.05, 3.63) is 22.3 Å². The summed E-state index contributed by atoms with van der Waals surface area (Å²) in [5.74, 6) is 0.0285. The van der Waals surface area contributed by atoms with Gasteiger partial charge in [0.15, 0.2) is 0 Å². The summed E-state index contributed by atoms with van der Waals surface area (Å²) in [4.78, 5) is 25.6. The Labute approximate surface area is 152 Å². The Morgan fingerprint density at radius 3 is 2.65 bits per heavy atom. The van der Waals surface area contributed by atoms with Crippen molar-refractivity contribution >= 4 is 34.3 Å². The molecular weight excluding hydrogens is 403 g/mol. The number of Topliss-reactive ketones (excluding diaryl/α,β-unsaturated/α-hetero) is 1. The van der Waals surface area contributed by atoms with E-state index < -0.39 is 5.41 Å². The van der Waals surface area contributed by atoms with Crippen molar-refractivity contribution in [3.8, 4) is 0 Å². The fraction of sp³-hybridized carbons (Fsp3) is 0.684. The summed E-state index contributed by atoms with van der Waals surface area (Å²) in [5, 5.41) is 0. The molecule has 0 aromatic heterocycles. The molecule has 4 heteroatoms. The second-order valence-electron chi connectivity index (χ2n) is 8.25. The monoisotopic (exact) mass is 428 g/mol. The van der Waals surface area contributed by atoms with Gasteiger partial charge in [-0.25, -0.2) is 0 Å². The molecule has 2 fully saturated rings. The summed E-state index contributed by atoms with van der Waals surface area (Å²) in [6.45, 7) is 10.5. The number of halogens is 1. The van der Waals surface area contributed by atoms with Gasteiger partial charge in [0.25, 0.3) is 0 Å². The number of hydrogen-bond acceptors (Lipinski definition) is 3. The highest BCUT2D eigenvalue weighted by Crippen LogP contribution is 2.71. The first-order chi connectivity index (χ1) is 10.6. The van der Waals surface area contributed by atoms with E-state index in [-0.39, 0.29) is 34.4 Å². The lowest BCUT2D eigenvalue weighted by Gasteiger charge is -2.65. The third kappa shape index (κ3) is 1.99. The van der Waals surface area contributed by atoms with E-state index >= 15 is 0 Å². The fourth-order valence-corrected chi connectivity index (χ4v) is 6.99. The van der Waals surface area contributed by atoms with Gasteiger partial charge in [-0.2, -0.15) is 0 Å². The number of rotatable bonds is 2. The van der Waals surface area contributed by atoms with E-state index in [2.05, 4.69) is 56.0 Å². The molecular formula is C19H25IO3. The Kier molecular flexibility index (Phi) is 3.86. The highest BCUT2D eigenvalue weighted by atomic mass is 127. The molecule has 4 rings (SSSR count). The Morgan fingerprint density at radius 1 is 1.43 bits per heavy atom. The lowest BCUT2D eigenvalue weighted by atomic mass is 9.38. The second kappa shape index (κ2) is 5.17. The minimum atomic E-state index is -0.426. The van der Waals surface area contributed by atoms with Crippen molar-refractivity contribution in [1.29, 1.82) is 0 Å². The molecule has 4 aliphatic carbocycles. The first-order valence-corrected chi connectivity index (χ1v) is 9.35. The molecule has 0 N–H and O–H groups in total. The maximum Gasteiger partial charge on any atom is 0.310 e. The summed E-state index contributed by atoms with van der Waals surface area (Å²) < 4.78 is 6.38. The average molecular weight is 428 g/mol. The molecule has 0 aromatic rings. The van der Waals surface area contributed by atoms with Gasteiger partial charge in [-0.1, -0.05) is 32.9 Å². The van der Waals surface area contributed by atoms with Crippen LogP contribution in [-0.2, 0) is 14.3 Å². The van der Waals surface area contributed by atoms with Gasteiger partial charge in [-0.05, 0) is 55.8 Å². The van der Waals surface area contributed by atoms with Gasteiger partial charge in [0.2, 0.25) is 0 Å². The number of hydrogen-bond donors (Lipinski definition) is 0. The maximum atomic E-state index is 12.8. The molecule has 0 aromatic carbocycles. The van der Waals surface area contributed by atoms with E-state index in [4.69, 9.17) is 4.74 Å². The molecule has 2 bridgehead atoms. The number of allylic oxidation sites excluding steroid dienone is 3. The standard InChI is InChI=1S/C19H25IO3/c1-6-18(4)8-7-13-17(2,3)11-9-14(20)19(13,10-12(11)21)15(18)16(22)23-5/h6,9,11,13,15H,1,7-8,10H2,2-5H3/t11?,13-,15-,18?,19+/m0/s1. The lowest BCUT2D eigenvalue weighted by Crippen LogP contribution is -2.64. The molecule has 126 valence electrons. The van der Waals surface area contributed by atoms with Gasteiger partial charge >= 0.3 is 5.97 Å². The number of esters is 1. The second-order valence-corrected chi connectivity index (χ2v) is 9.42. The van der Waals surface area contributed by atoms with Crippen LogP contribution in [-0.4, -0.2) is 18.9 Å². The summed E-state index contributed by atoms with van der Waals surface area (Å²) in [7, 11) is 1.45. The van der Waals surface area contributed by atoms with E-state index in [1.807, 2.05) is 6.08 Å². The molecule has 4 aliphatic rings. The number of methoxy groups -OCH3 is 1. The van der Waals surface area contributed by atoms with E-state index in [0.717, 1.165) is 12.8 Å². The minimum absolute atomic E-state index is 0.0207. The normalized spacial score (nSPS) is 44.3. The van der Waals surface area contributed by atoms with Crippen LogP contribution in [0.5, 0.6) is 0 Å². The van der Waals surface area contributed by atoms with E-state index in [1.54, 1.807) is 0 Å². The highest BCUT2D eigenvalue weighted by molar-refractivity contribution is 14.1. The van der Waals surface area contributed by atoms with Gasteiger partial charge in [0, 0.05) is 17.8 Å². The molecule has 2 unspecified atom stereocenters. The largest absolute Gasteiger partial charge is 0.469 e. The van der Waals surface area contributed by atoms with Crippen LogP contribution in [0.15, 0.2) is 22.3 Å². The van der Waals surface area contributed by atoms with Crippen LogP contribution >= 0.6 is 22.6 Å². The van der Waals surface area contributed by atoms with Crippen LogP contribution in [0.25, 0.3) is 0 Å². The van der Waals surface area contributed by atoms with Crippen molar-refractivity contribution in [2.45, 2.75) is 40.0 Å². The van der Waals surface area contributed by atoms with Gasteiger partial charge in [-0.15, -0.1) is 6.58 Å². The molecule has 1 spiro atoms. The topological polar surface area (TPSA) is 43.4 Å². The van der Waals surface area contributed by atoms with Crippen LogP contribution in [0.4, 0.5) is 0 Å². The Hall–Kier alpha value is -0.650. The molecule has 3 nitrogen and oxygen atoms in total. The number of carbonyl (C=O) groups excluding carboxylic acids is 2. The molecule has 0 aliphatic heterocycles. The molecule has 0 heterocycles. The van der Waals surface area contributed by atoms with Crippen molar-refractivity contribution in [3.63, 3.8) is 0 Å². The molecule has 23 heavy (non-hydrogen) atoms. The number of ketones is 1. The Morgan fingerprint density at radius 2 is 2.09 bits per heavy atom. The predicted octanol–water partition coefficient (Wildman–Crippen LogP) is 4.31. The Balaban J connectivity index is 2.27. The Bertz CT molecular complexity index is 620. The third-order valence-corrected chi connectivity index (χ3v) is 8.31. The van der Waals surface area contributed by atoms with Crippen LogP contribution in [0, 0.1) is 34.0 Å². The summed E-state index contributed by atoms with van der Waals surface area (Å²) in [6, 6.07) is 0. The fourth-order valence-electron chi connectivity index (χ4n) is 5.75. The van der Waals surface area contributed by atoms with Crippen molar-refractivity contribution in [2.24, 2.45) is 34.0 Å². The van der Waals surface area contributed by atoms with Gasteiger partial charge < -0.3 is 4.74 Å². The molecule has 5 atom stereocenters.